The summed E-state index contributed by atoms with van der Waals surface area (Å²) in [4.78, 5) is 11.0. The van der Waals surface area contributed by atoms with Gasteiger partial charge >= 0.3 is 0 Å². The Morgan fingerprint density at radius 2 is 2.04 bits per heavy atom. The van der Waals surface area contributed by atoms with Gasteiger partial charge in [-0.15, -0.1) is 11.3 Å². The third-order valence-corrected chi connectivity index (χ3v) is 7.50. The molecular formula is C23H26N2O2S. The maximum absolute atomic E-state index is 10.5. The fourth-order valence-electron chi connectivity index (χ4n) is 4.75. The third-order valence-electron chi connectivity index (χ3n) is 6.23. The van der Waals surface area contributed by atoms with E-state index in [1.807, 2.05) is 17.4 Å². The summed E-state index contributed by atoms with van der Waals surface area (Å²) in [6, 6.07) is 1.97. The van der Waals surface area contributed by atoms with Crippen LogP contribution >= 0.6 is 11.3 Å². The molecule has 4 nitrogen and oxygen atoms in total. The lowest BCUT2D eigenvalue weighted by molar-refractivity contribution is 0.102. The number of aromatic nitrogens is 2. The summed E-state index contributed by atoms with van der Waals surface area (Å²) in [5, 5.41) is 11.9. The van der Waals surface area contributed by atoms with Crippen LogP contribution in [0, 0.1) is 0 Å². The molecule has 28 heavy (non-hydrogen) atoms. The van der Waals surface area contributed by atoms with Crippen molar-refractivity contribution in [3.05, 3.63) is 43.9 Å². The number of aliphatic hydroxyl groups is 1. The minimum atomic E-state index is -0.354. The van der Waals surface area contributed by atoms with Gasteiger partial charge in [0.1, 0.15) is 5.82 Å². The van der Waals surface area contributed by atoms with E-state index in [2.05, 4.69) is 23.2 Å². The van der Waals surface area contributed by atoms with Crippen LogP contribution < -0.4 is 14.5 Å². The molecule has 2 heterocycles. The number of nitrogens with zero attached hydrogens (tertiary/aromatic N) is 2. The number of hydrogen-bond donors (Lipinski definition) is 1. The van der Waals surface area contributed by atoms with Crippen molar-refractivity contribution in [2.75, 3.05) is 7.11 Å². The number of methoxy groups -OCH3 is 1. The van der Waals surface area contributed by atoms with Gasteiger partial charge < -0.3 is 9.84 Å². The van der Waals surface area contributed by atoms with E-state index >= 15 is 0 Å². The van der Waals surface area contributed by atoms with E-state index in [0.717, 1.165) is 62.9 Å². The maximum Gasteiger partial charge on any atom is 0.216 e. The first-order chi connectivity index (χ1) is 13.7. The van der Waals surface area contributed by atoms with E-state index in [-0.39, 0.29) is 12.0 Å². The van der Waals surface area contributed by atoms with Gasteiger partial charge in [-0.1, -0.05) is 25.0 Å². The van der Waals surface area contributed by atoms with Gasteiger partial charge in [-0.3, -0.25) is 0 Å². The second-order valence-corrected chi connectivity index (χ2v) is 9.01. The lowest BCUT2D eigenvalue weighted by Gasteiger charge is -2.26. The summed E-state index contributed by atoms with van der Waals surface area (Å²) in [5.41, 5.74) is 3.78. The largest absolute Gasteiger partial charge is 0.481 e. The maximum atomic E-state index is 10.5. The molecule has 0 spiro atoms. The van der Waals surface area contributed by atoms with Crippen molar-refractivity contribution in [1.82, 2.24) is 9.97 Å². The van der Waals surface area contributed by atoms with Crippen LogP contribution in [0.1, 0.15) is 72.8 Å². The summed E-state index contributed by atoms with van der Waals surface area (Å²) in [6.45, 7) is 0. The van der Waals surface area contributed by atoms with Crippen molar-refractivity contribution in [1.29, 1.82) is 0 Å². The van der Waals surface area contributed by atoms with Gasteiger partial charge in [0.05, 0.1) is 18.9 Å². The topological polar surface area (TPSA) is 55.2 Å². The van der Waals surface area contributed by atoms with E-state index in [4.69, 9.17) is 9.72 Å². The number of hydrogen-bond acceptors (Lipinski definition) is 5. The Bertz CT molecular complexity index is 1050. The molecule has 0 radical (unpaired) electrons. The summed E-state index contributed by atoms with van der Waals surface area (Å²) in [5.74, 6) is 1.35. The number of allylic oxidation sites excluding steroid dienone is 1. The first-order valence-corrected chi connectivity index (χ1v) is 11.2. The quantitative estimate of drug-likeness (QED) is 0.868. The lowest BCUT2D eigenvalue weighted by Crippen LogP contribution is -2.29. The van der Waals surface area contributed by atoms with Crippen molar-refractivity contribution in [2.24, 2.45) is 0 Å². The van der Waals surface area contributed by atoms with Crippen LogP contribution in [0.4, 0.5) is 0 Å². The highest BCUT2D eigenvalue weighted by Crippen LogP contribution is 2.33. The molecule has 2 aromatic rings. The molecule has 1 N–H and O–H groups in total. The van der Waals surface area contributed by atoms with Crippen LogP contribution in [0.5, 0.6) is 5.88 Å². The van der Waals surface area contributed by atoms with Crippen LogP contribution in [-0.2, 0) is 6.42 Å². The molecule has 1 fully saturated rings. The molecule has 3 aliphatic rings. The van der Waals surface area contributed by atoms with Crippen molar-refractivity contribution in [2.45, 2.75) is 63.4 Å². The molecule has 0 amide bonds. The smallest absolute Gasteiger partial charge is 0.216 e. The molecule has 146 valence electrons. The monoisotopic (exact) mass is 394 g/mol. The number of thiophene rings is 1. The average Bonchev–Trinajstić information content (AvgIpc) is 3.12. The number of aliphatic hydroxyl groups excluding tert-OH is 1. The minimum absolute atomic E-state index is 0.0114. The second-order valence-electron chi connectivity index (χ2n) is 7.96. The highest BCUT2D eigenvalue weighted by Gasteiger charge is 2.28. The zero-order valence-electron chi connectivity index (χ0n) is 16.3. The SMILES string of the molecule is COc1cc(C2=c3sc4c(c3=CCC2)CCC=C4)nc(C2CCCCC2O)n1. The van der Waals surface area contributed by atoms with E-state index in [9.17, 15) is 5.11 Å². The normalized spacial score (nSPS) is 23.7. The summed E-state index contributed by atoms with van der Waals surface area (Å²) in [6.07, 6.45) is 14.9. The third kappa shape index (κ3) is 3.11. The van der Waals surface area contributed by atoms with E-state index < -0.39 is 0 Å². The van der Waals surface area contributed by atoms with E-state index in [1.54, 1.807) is 7.11 Å². The van der Waals surface area contributed by atoms with Crippen LogP contribution in [0.3, 0.4) is 0 Å². The van der Waals surface area contributed by atoms with Crippen LogP contribution in [0.2, 0.25) is 0 Å². The Balaban J connectivity index is 1.67. The predicted octanol–water partition coefficient (Wildman–Crippen LogP) is 3.30. The minimum Gasteiger partial charge on any atom is -0.481 e. The average molecular weight is 395 g/mol. The molecule has 0 aliphatic heterocycles. The standard InChI is InChI=1S/C23H26N2O2S/c1-27-21-13-18(24-23(25-21)17-8-2-4-11-19(17)26)16-10-6-9-15-14-7-3-5-12-20(14)28-22(15)16/h5,9,12-13,17,19,26H,2-4,6-8,10-11H2,1H3. The Kier molecular flexibility index (Phi) is 4.81. The molecule has 0 saturated heterocycles. The van der Waals surface area contributed by atoms with Crippen molar-refractivity contribution < 1.29 is 9.84 Å². The van der Waals surface area contributed by atoms with Crippen molar-refractivity contribution in [3.63, 3.8) is 0 Å². The summed E-state index contributed by atoms with van der Waals surface area (Å²) in [7, 11) is 1.66. The Morgan fingerprint density at radius 3 is 2.89 bits per heavy atom. The van der Waals surface area contributed by atoms with Crippen LogP contribution in [0.15, 0.2) is 12.1 Å². The molecule has 5 rings (SSSR count). The molecule has 3 aliphatic carbocycles. The molecule has 2 atom stereocenters. The van der Waals surface area contributed by atoms with Crippen LogP contribution in [0.25, 0.3) is 17.7 Å². The lowest BCUT2D eigenvalue weighted by atomic mass is 9.86. The van der Waals surface area contributed by atoms with Crippen molar-refractivity contribution in [3.8, 4) is 5.88 Å². The number of ether oxygens (including phenoxy) is 1. The molecule has 2 unspecified atom stereocenters. The Hall–Kier alpha value is -1.98. The highest BCUT2D eigenvalue weighted by atomic mass is 32.1. The van der Waals surface area contributed by atoms with Gasteiger partial charge in [-0.2, -0.15) is 4.98 Å². The van der Waals surface area contributed by atoms with Crippen LogP contribution in [-0.4, -0.2) is 28.3 Å². The Labute approximate surface area is 169 Å². The zero-order valence-corrected chi connectivity index (χ0v) is 17.1. The summed E-state index contributed by atoms with van der Waals surface area (Å²) < 4.78 is 6.88. The molecule has 1 saturated carbocycles. The van der Waals surface area contributed by atoms with Gasteiger partial charge in [-0.25, -0.2) is 4.98 Å². The van der Waals surface area contributed by atoms with Gasteiger partial charge in [0, 0.05) is 21.4 Å². The molecule has 5 heteroatoms. The van der Waals surface area contributed by atoms with Gasteiger partial charge in [0.25, 0.3) is 0 Å². The fourth-order valence-corrected chi connectivity index (χ4v) is 6.11. The van der Waals surface area contributed by atoms with E-state index in [0.29, 0.717) is 5.88 Å². The summed E-state index contributed by atoms with van der Waals surface area (Å²) >= 11 is 1.89. The molecule has 0 bridgehead atoms. The van der Waals surface area contributed by atoms with Gasteiger partial charge in [-0.05, 0) is 61.0 Å². The first-order valence-electron chi connectivity index (χ1n) is 10.4. The second kappa shape index (κ2) is 7.45. The van der Waals surface area contributed by atoms with Gasteiger partial charge in [0.15, 0.2) is 0 Å². The van der Waals surface area contributed by atoms with Crippen molar-refractivity contribution >= 4 is 29.1 Å². The zero-order chi connectivity index (χ0) is 19.1. The molecule has 0 aromatic carbocycles. The Morgan fingerprint density at radius 1 is 1.14 bits per heavy atom. The molecular weight excluding hydrogens is 368 g/mol. The number of rotatable bonds is 3. The number of fused-ring (bicyclic) bond motifs is 3. The molecule has 2 aromatic heterocycles. The predicted molar refractivity (Wildman–Crippen MR) is 113 cm³/mol. The fraction of sp³-hybridized carbons (Fsp3) is 0.478. The first kappa shape index (κ1) is 18.1. The van der Waals surface area contributed by atoms with E-state index in [1.165, 1.54) is 25.8 Å². The highest BCUT2D eigenvalue weighted by molar-refractivity contribution is 7.11. The van der Waals surface area contributed by atoms with Gasteiger partial charge in [0.2, 0.25) is 5.88 Å².